The van der Waals surface area contributed by atoms with Crippen molar-refractivity contribution in [3.63, 3.8) is 0 Å². The van der Waals surface area contributed by atoms with Gasteiger partial charge >= 0.3 is 0 Å². The quantitative estimate of drug-likeness (QED) is 0.484. The zero-order chi connectivity index (χ0) is 22.1. The summed E-state index contributed by atoms with van der Waals surface area (Å²) in [5.74, 6) is 0.114. The summed E-state index contributed by atoms with van der Waals surface area (Å²) in [7, 11) is 0. The lowest BCUT2D eigenvalue weighted by atomic mass is 10.1. The van der Waals surface area contributed by atoms with Gasteiger partial charge in [0.25, 0.3) is 5.91 Å². The van der Waals surface area contributed by atoms with Gasteiger partial charge in [-0.05, 0) is 48.7 Å². The van der Waals surface area contributed by atoms with Crippen LogP contribution in [0, 0.1) is 11.6 Å². The number of amides is 1. The van der Waals surface area contributed by atoms with E-state index in [2.05, 4.69) is 15.2 Å². The number of likely N-dealkylation sites (tertiary alicyclic amines) is 1. The molecule has 0 saturated carbocycles. The molecule has 0 spiro atoms. The molecule has 1 amide bonds. The first-order valence-electron chi connectivity index (χ1n) is 10.4. The zero-order valence-corrected chi connectivity index (χ0v) is 17.1. The van der Waals surface area contributed by atoms with Gasteiger partial charge in [0.2, 0.25) is 5.89 Å². The molecule has 1 N–H and O–H groups in total. The van der Waals surface area contributed by atoms with Crippen molar-refractivity contribution < 1.29 is 18.0 Å². The molecular formula is C24H20F2N4O2. The maximum absolute atomic E-state index is 14.1. The van der Waals surface area contributed by atoms with E-state index >= 15 is 0 Å². The Kier molecular flexibility index (Phi) is 5.26. The number of hydrogen-bond acceptors (Lipinski definition) is 4. The Hall–Kier alpha value is -3.81. The van der Waals surface area contributed by atoms with E-state index in [9.17, 15) is 13.6 Å². The number of halogens is 2. The molecule has 1 aliphatic rings. The van der Waals surface area contributed by atoms with Crippen LogP contribution >= 0.6 is 0 Å². The largest absolute Gasteiger partial charge is 0.443 e. The molecule has 2 aromatic carbocycles. The van der Waals surface area contributed by atoms with Crippen LogP contribution < -0.4 is 0 Å². The molecule has 2 aromatic heterocycles. The summed E-state index contributed by atoms with van der Waals surface area (Å²) < 4.78 is 33.4. The summed E-state index contributed by atoms with van der Waals surface area (Å²) in [5, 5.41) is 6.84. The minimum Gasteiger partial charge on any atom is -0.443 e. The lowest BCUT2D eigenvalue weighted by molar-refractivity contribution is 0.0708. The highest BCUT2D eigenvalue weighted by Crippen LogP contribution is 2.33. The van der Waals surface area contributed by atoms with Gasteiger partial charge in [-0.1, -0.05) is 24.3 Å². The number of carbonyl (C=O) groups excluding carboxylic acids is 1. The van der Waals surface area contributed by atoms with E-state index in [4.69, 9.17) is 4.42 Å². The van der Waals surface area contributed by atoms with E-state index < -0.39 is 5.82 Å². The van der Waals surface area contributed by atoms with E-state index in [0.717, 1.165) is 18.4 Å². The fraction of sp³-hybridized carbons (Fsp3) is 0.208. The smallest absolute Gasteiger partial charge is 0.272 e. The molecule has 0 radical (unpaired) electrons. The van der Waals surface area contributed by atoms with Crippen molar-refractivity contribution in [3.8, 4) is 11.3 Å². The molecule has 5 rings (SSSR count). The third-order valence-electron chi connectivity index (χ3n) is 5.60. The van der Waals surface area contributed by atoms with Crippen molar-refractivity contribution in [1.29, 1.82) is 0 Å². The average Bonchev–Trinajstić information content (AvgIpc) is 3.54. The van der Waals surface area contributed by atoms with Crippen LogP contribution in [-0.2, 0) is 6.42 Å². The van der Waals surface area contributed by atoms with Crippen molar-refractivity contribution in [2.75, 3.05) is 6.54 Å². The molecule has 3 heterocycles. The van der Waals surface area contributed by atoms with E-state index in [1.807, 2.05) is 6.07 Å². The highest BCUT2D eigenvalue weighted by molar-refractivity contribution is 5.93. The highest BCUT2D eigenvalue weighted by atomic mass is 19.1. The normalized spacial score (nSPS) is 15.9. The summed E-state index contributed by atoms with van der Waals surface area (Å²) in [6.45, 7) is 0.555. The molecular weight excluding hydrogens is 414 g/mol. The van der Waals surface area contributed by atoms with Crippen LogP contribution in [0.15, 0.2) is 65.2 Å². The second kappa shape index (κ2) is 8.37. The van der Waals surface area contributed by atoms with Gasteiger partial charge in [0, 0.05) is 18.5 Å². The van der Waals surface area contributed by atoms with Gasteiger partial charge in [0.05, 0.1) is 11.9 Å². The molecule has 4 aromatic rings. The van der Waals surface area contributed by atoms with E-state index in [1.54, 1.807) is 41.4 Å². The number of hydrogen-bond donors (Lipinski definition) is 1. The van der Waals surface area contributed by atoms with Gasteiger partial charge in [-0.15, -0.1) is 0 Å². The van der Waals surface area contributed by atoms with Crippen LogP contribution in [-0.4, -0.2) is 32.5 Å². The van der Waals surface area contributed by atoms with Crippen molar-refractivity contribution in [2.24, 2.45) is 0 Å². The van der Waals surface area contributed by atoms with Gasteiger partial charge < -0.3 is 9.32 Å². The summed E-state index contributed by atoms with van der Waals surface area (Å²) in [6.07, 6.45) is 3.57. The minimum atomic E-state index is -0.400. The first-order chi connectivity index (χ1) is 15.6. The standard InChI is InChI=1S/C24H20F2N4O2/c25-16-6-3-5-15(11-16)12-17-14-27-23(32-17)22-9-4-10-30(22)24(31)21-13-20(28-29-21)18-7-1-2-8-19(18)26/h1-3,5-8,11,13-14,22H,4,9-10,12H2,(H,28,29). The Morgan fingerprint density at radius 3 is 2.88 bits per heavy atom. The topological polar surface area (TPSA) is 75.0 Å². The number of aromatic amines is 1. The third kappa shape index (κ3) is 3.91. The number of benzene rings is 2. The lowest BCUT2D eigenvalue weighted by Crippen LogP contribution is -2.31. The Morgan fingerprint density at radius 1 is 1.16 bits per heavy atom. The van der Waals surface area contributed by atoms with Crippen molar-refractivity contribution in [2.45, 2.75) is 25.3 Å². The van der Waals surface area contributed by atoms with Crippen molar-refractivity contribution in [1.82, 2.24) is 20.1 Å². The van der Waals surface area contributed by atoms with Gasteiger partial charge in [-0.2, -0.15) is 5.10 Å². The Labute approximate surface area is 182 Å². The molecule has 32 heavy (non-hydrogen) atoms. The van der Waals surface area contributed by atoms with Crippen LogP contribution in [0.2, 0.25) is 0 Å². The fourth-order valence-electron chi connectivity index (χ4n) is 4.07. The molecule has 1 aliphatic heterocycles. The number of oxazole rings is 1. The molecule has 1 unspecified atom stereocenters. The summed E-state index contributed by atoms with van der Waals surface area (Å²) in [6, 6.07) is 13.9. The maximum atomic E-state index is 14.1. The molecule has 1 saturated heterocycles. The zero-order valence-electron chi connectivity index (χ0n) is 17.1. The van der Waals surface area contributed by atoms with E-state index in [0.29, 0.717) is 35.9 Å². The van der Waals surface area contributed by atoms with Gasteiger partial charge in [0.1, 0.15) is 29.1 Å². The number of carbonyl (C=O) groups is 1. The van der Waals surface area contributed by atoms with Crippen LogP contribution in [0.5, 0.6) is 0 Å². The van der Waals surface area contributed by atoms with Gasteiger partial charge in [-0.3, -0.25) is 9.89 Å². The first kappa shape index (κ1) is 20.1. The van der Waals surface area contributed by atoms with Crippen LogP contribution in [0.4, 0.5) is 8.78 Å². The summed E-state index contributed by atoms with van der Waals surface area (Å²) in [4.78, 5) is 19.2. The SMILES string of the molecule is O=C(c1cc(-c2ccccc2F)n[nH]1)N1CCCC1c1ncc(Cc2cccc(F)c2)o1. The number of nitrogens with zero attached hydrogens (tertiary/aromatic N) is 3. The van der Waals surface area contributed by atoms with Crippen LogP contribution in [0.25, 0.3) is 11.3 Å². The fourth-order valence-corrected chi connectivity index (χ4v) is 4.07. The number of rotatable bonds is 5. The number of aromatic nitrogens is 3. The first-order valence-corrected chi connectivity index (χ1v) is 10.4. The Balaban J connectivity index is 1.33. The number of H-pyrrole nitrogens is 1. The molecule has 0 aliphatic carbocycles. The summed E-state index contributed by atoms with van der Waals surface area (Å²) in [5.41, 5.74) is 1.76. The highest BCUT2D eigenvalue weighted by Gasteiger charge is 2.34. The van der Waals surface area contributed by atoms with E-state index in [-0.39, 0.29) is 23.5 Å². The second-order valence-electron chi connectivity index (χ2n) is 7.77. The number of nitrogens with one attached hydrogen (secondary N) is 1. The Bertz CT molecular complexity index is 1270. The van der Waals surface area contributed by atoms with Gasteiger partial charge in [-0.25, -0.2) is 13.8 Å². The molecule has 162 valence electrons. The minimum absolute atomic E-state index is 0.243. The van der Waals surface area contributed by atoms with Crippen LogP contribution in [0.1, 0.15) is 46.6 Å². The predicted octanol–water partition coefficient (Wildman–Crippen LogP) is 4.91. The third-order valence-corrected chi connectivity index (χ3v) is 5.60. The molecule has 1 fully saturated rings. The predicted molar refractivity (Wildman–Crippen MR) is 113 cm³/mol. The average molecular weight is 434 g/mol. The second-order valence-corrected chi connectivity index (χ2v) is 7.77. The van der Waals surface area contributed by atoms with Crippen LogP contribution in [0.3, 0.4) is 0 Å². The molecule has 0 bridgehead atoms. The van der Waals surface area contributed by atoms with Gasteiger partial charge in [0.15, 0.2) is 0 Å². The van der Waals surface area contributed by atoms with E-state index in [1.165, 1.54) is 18.2 Å². The summed E-state index contributed by atoms with van der Waals surface area (Å²) >= 11 is 0. The van der Waals surface area contributed by atoms with Crippen molar-refractivity contribution >= 4 is 5.91 Å². The monoisotopic (exact) mass is 434 g/mol. The molecule has 8 heteroatoms. The molecule has 1 atom stereocenters. The maximum Gasteiger partial charge on any atom is 0.272 e. The lowest BCUT2D eigenvalue weighted by Gasteiger charge is -2.21. The molecule has 6 nitrogen and oxygen atoms in total. The van der Waals surface area contributed by atoms with Crippen molar-refractivity contribution in [3.05, 3.63) is 95.3 Å². The Morgan fingerprint density at radius 2 is 2.03 bits per heavy atom.